The molecule has 2 heterocycles. The molecule has 20 heavy (non-hydrogen) atoms. The number of halogens is 1. The fourth-order valence-electron chi connectivity index (χ4n) is 2.54. The van der Waals surface area contributed by atoms with E-state index in [0.29, 0.717) is 29.9 Å². The van der Waals surface area contributed by atoms with Gasteiger partial charge in [-0.3, -0.25) is 0 Å². The van der Waals surface area contributed by atoms with Gasteiger partial charge in [0, 0.05) is 18.1 Å². The molecule has 3 rings (SSSR count). The first kappa shape index (κ1) is 12.7. The van der Waals surface area contributed by atoms with Gasteiger partial charge in [0.15, 0.2) is 0 Å². The van der Waals surface area contributed by atoms with Gasteiger partial charge in [-0.25, -0.2) is 9.18 Å². The third-order valence-electron chi connectivity index (χ3n) is 3.42. The maximum absolute atomic E-state index is 13.9. The molecule has 0 saturated carbocycles. The van der Waals surface area contributed by atoms with Crippen LogP contribution in [-0.4, -0.2) is 24.1 Å². The average Bonchev–Trinajstić information content (AvgIpc) is 2.67. The summed E-state index contributed by atoms with van der Waals surface area (Å²) >= 11 is 0. The summed E-state index contributed by atoms with van der Waals surface area (Å²) in [4.78, 5) is 15.1. The SMILES string of the molecule is CCOC(=O)C1=CNCCc2c1[nH]c1c(F)cccc21. The number of aromatic amines is 1. The predicted molar refractivity (Wildman–Crippen MR) is 74.6 cm³/mol. The minimum absolute atomic E-state index is 0.306. The van der Waals surface area contributed by atoms with Crippen molar-refractivity contribution in [3.63, 3.8) is 0 Å². The van der Waals surface area contributed by atoms with Crippen molar-refractivity contribution < 1.29 is 13.9 Å². The number of esters is 1. The fourth-order valence-corrected chi connectivity index (χ4v) is 2.54. The van der Waals surface area contributed by atoms with E-state index in [1.54, 1.807) is 19.2 Å². The predicted octanol–water partition coefficient (Wildman–Crippen LogP) is 2.36. The first-order valence-electron chi connectivity index (χ1n) is 6.62. The summed E-state index contributed by atoms with van der Waals surface area (Å²) in [7, 11) is 0. The quantitative estimate of drug-likeness (QED) is 0.827. The zero-order valence-electron chi connectivity index (χ0n) is 11.1. The molecule has 1 aliphatic rings. The van der Waals surface area contributed by atoms with Crippen molar-refractivity contribution in [2.45, 2.75) is 13.3 Å². The molecule has 0 bridgehead atoms. The molecule has 0 unspecified atom stereocenters. The van der Waals surface area contributed by atoms with Crippen LogP contribution >= 0.6 is 0 Å². The number of hydrogen-bond donors (Lipinski definition) is 2. The van der Waals surface area contributed by atoms with Crippen molar-refractivity contribution in [2.75, 3.05) is 13.2 Å². The molecule has 2 N–H and O–H groups in total. The molecule has 0 aliphatic carbocycles. The number of H-pyrrole nitrogens is 1. The van der Waals surface area contributed by atoms with Crippen molar-refractivity contribution in [1.29, 1.82) is 0 Å². The number of benzene rings is 1. The van der Waals surface area contributed by atoms with E-state index < -0.39 is 5.97 Å². The second-order valence-corrected chi connectivity index (χ2v) is 4.62. The first-order valence-corrected chi connectivity index (χ1v) is 6.62. The fraction of sp³-hybridized carbons (Fsp3) is 0.267. The number of rotatable bonds is 2. The van der Waals surface area contributed by atoms with Crippen LogP contribution in [0, 0.1) is 5.82 Å². The summed E-state index contributed by atoms with van der Waals surface area (Å²) in [6, 6.07) is 4.95. The zero-order chi connectivity index (χ0) is 14.1. The van der Waals surface area contributed by atoms with Gasteiger partial charge >= 0.3 is 5.97 Å². The van der Waals surface area contributed by atoms with Crippen LogP contribution in [-0.2, 0) is 16.0 Å². The first-order chi connectivity index (χ1) is 9.72. The van der Waals surface area contributed by atoms with Crippen LogP contribution in [0.4, 0.5) is 4.39 Å². The lowest BCUT2D eigenvalue weighted by Crippen LogP contribution is -2.11. The van der Waals surface area contributed by atoms with Gasteiger partial charge in [0.05, 0.1) is 23.4 Å². The van der Waals surface area contributed by atoms with Crippen molar-refractivity contribution in [3.8, 4) is 0 Å². The van der Waals surface area contributed by atoms with Gasteiger partial charge in [0.2, 0.25) is 0 Å². The topological polar surface area (TPSA) is 54.1 Å². The number of fused-ring (bicyclic) bond motifs is 3. The number of ether oxygens (including phenoxy) is 1. The Balaban J connectivity index is 2.19. The molecule has 0 saturated heterocycles. The molecule has 0 spiro atoms. The Labute approximate surface area is 115 Å². The van der Waals surface area contributed by atoms with Gasteiger partial charge in [-0.2, -0.15) is 0 Å². The second kappa shape index (κ2) is 5.00. The van der Waals surface area contributed by atoms with Gasteiger partial charge in [-0.15, -0.1) is 0 Å². The van der Waals surface area contributed by atoms with E-state index in [4.69, 9.17) is 4.74 Å². The van der Waals surface area contributed by atoms with Gasteiger partial charge in [0.1, 0.15) is 5.82 Å². The molecule has 0 radical (unpaired) electrons. The van der Waals surface area contributed by atoms with Crippen LogP contribution in [0.15, 0.2) is 24.4 Å². The Morgan fingerprint density at radius 3 is 3.10 bits per heavy atom. The third-order valence-corrected chi connectivity index (χ3v) is 3.42. The highest BCUT2D eigenvalue weighted by atomic mass is 19.1. The summed E-state index contributed by atoms with van der Waals surface area (Å²) < 4.78 is 18.9. The highest BCUT2D eigenvalue weighted by Crippen LogP contribution is 2.30. The van der Waals surface area contributed by atoms with E-state index in [-0.39, 0.29) is 5.82 Å². The summed E-state index contributed by atoms with van der Waals surface area (Å²) in [5, 5.41) is 3.89. The molecule has 1 aliphatic heterocycles. The minimum atomic E-state index is -0.407. The summed E-state index contributed by atoms with van der Waals surface area (Å²) in [6.45, 7) is 2.76. The van der Waals surface area contributed by atoms with Crippen molar-refractivity contribution in [3.05, 3.63) is 41.5 Å². The van der Waals surface area contributed by atoms with E-state index in [2.05, 4.69) is 10.3 Å². The van der Waals surface area contributed by atoms with Crippen molar-refractivity contribution in [2.24, 2.45) is 0 Å². The van der Waals surface area contributed by atoms with E-state index in [9.17, 15) is 9.18 Å². The Morgan fingerprint density at radius 1 is 1.45 bits per heavy atom. The molecule has 2 aromatic rings. The van der Waals surface area contributed by atoms with Crippen LogP contribution < -0.4 is 5.32 Å². The Kier molecular flexibility index (Phi) is 3.18. The molecule has 1 aromatic heterocycles. The highest BCUT2D eigenvalue weighted by molar-refractivity contribution is 6.17. The molecule has 0 amide bonds. The minimum Gasteiger partial charge on any atom is -0.462 e. The molecule has 5 heteroatoms. The summed E-state index contributed by atoms with van der Waals surface area (Å²) in [5.41, 5.74) is 2.45. The standard InChI is InChI=1S/C15H15FN2O2/c1-2-20-15(19)11-8-17-7-6-10-9-4-3-5-12(16)14(9)18-13(10)11/h3-5,8,17-18H,2,6-7H2,1H3. The lowest BCUT2D eigenvalue weighted by molar-refractivity contribution is -0.136. The van der Waals surface area contributed by atoms with Crippen LogP contribution in [0.1, 0.15) is 18.2 Å². The highest BCUT2D eigenvalue weighted by Gasteiger charge is 2.23. The number of hydrogen-bond acceptors (Lipinski definition) is 3. The summed E-state index contributed by atoms with van der Waals surface area (Å²) in [6.07, 6.45) is 2.36. The maximum Gasteiger partial charge on any atom is 0.341 e. The van der Waals surface area contributed by atoms with Crippen LogP contribution in [0.25, 0.3) is 16.5 Å². The Hall–Kier alpha value is -2.30. The van der Waals surface area contributed by atoms with Crippen LogP contribution in [0.3, 0.4) is 0 Å². The lowest BCUT2D eigenvalue weighted by atomic mass is 10.0. The van der Waals surface area contributed by atoms with E-state index in [0.717, 1.165) is 17.4 Å². The number of aromatic nitrogens is 1. The number of carbonyl (C=O) groups is 1. The smallest absolute Gasteiger partial charge is 0.341 e. The monoisotopic (exact) mass is 274 g/mol. The average molecular weight is 274 g/mol. The number of para-hydroxylation sites is 1. The number of carbonyl (C=O) groups excluding carboxylic acids is 1. The van der Waals surface area contributed by atoms with Crippen molar-refractivity contribution >= 4 is 22.4 Å². The van der Waals surface area contributed by atoms with Gasteiger partial charge in [0.25, 0.3) is 0 Å². The summed E-state index contributed by atoms with van der Waals surface area (Å²) in [5.74, 6) is -0.721. The second-order valence-electron chi connectivity index (χ2n) is 4.62. The van der Waals surface area contributed by atoms with Crippen LogP contribution in [0.5, 0.6) is 0 Å². The Morgan fingerprint density at radius 2 is 2.30 bits per heavy atom. The molecular formula is C15H15FN2O2. The van der Waals surface area contributed by atoms with Gasteiger partial charge in [-0.05, 0) is 25.0 Å². The van der Waals surface area contributed by atoms with Gasteiger partial charge in [-0.1, -0.05) is 12.1 Å². The van der Waals surface area contributed by atoms with E-state index >= 15 is 0 Å². The Bertz CT molecular complexity index is 703. The molecule has 0 atom stereocenters. The van der Waals surface area contributed by atoms with Crippen LogP contribution in [0.2, 0.25) is 0 Å². The third kappa shape index (κ3) is 1.95. The number of nitrogens with one attached hydrogen (secondary N) is 2. The van der Waals surface area contributed by atoms with E-state index in [1.807, 2.05) is 6.07 Å². The largest absolute Gasteiger partial charge is 0.462 e. The normalized spacial score (nSPS) is 14.2. The van der Waals surface area contributed by atoms with Gasteiger partial charge < -0.3 is 15.0 Å². The van der Waals surface area contributed by atoms with E-state index in [1.165, 1.54) is 6.07 Å². The lowest BCUT2D eigenvalue weighted by Gasteiger charge is -2.05. The maximum atomic E-state index is 13.9. The molecular weight excluding hydrogens is 259 g/mol. The molecule has 1 aromatic carbocycles. The molecule has 0 fully saturated rings. The molecule has 4 nitrogen and oxygen atoms in total. The van der Waals surface area contributed by atoms with Crippen molar-refractivity contribution in [1.82, 2.24) is 10.3 Å². The zero-order valence-corrected chi connectivity index (χ0v) is 11.1. The molecule has 104 valence electrons.